The number of aryl methyl sites for hydroxylation is 3. The standard InChI is InChI=1S/C14H19ClN2O2S.C2H5Cl.CH2O/c1-8-7-10(20(15,18)19)12-11(9(8)2)16-13(17(12)6)14(3,4)5;1-2-3;1-2/h7H,1-6H3;2H2,1H3;1H2. The average Bonchev–Trinajstić information content (AvgIpc) is 2.83. The normalized spacial score (nSPS) is 11.4. The van der Waals surface area contributed by atoms with E-state index in [9.17, 15) is 8.42 Å². The van der Waals surface area contributed by atoms with Crippen LogP contribution >= 0.6 is 22.3 Å². The topological polar surface area (TPSA) is 69.0 Å². The number of fused-ring (bicyclic) bond motifs is 1. The average molecular weight is 409 g/mol. The third kappa shape index (κ3) is 5.43. The van der Waals surface area contributed by atoms with E-state index in [1.165, 1.54) is 0 Å². The van der Waals surface area contributed by atoms with Gasteiger partial charge >= 0.3 is 0 Å². The van der Waals surface area contributed by atoms with Crippen molar-refractivity contribution in [2.24, 2.45) is 7.05 Å². The summed E-state index contributed by atoms with van der Waals surface area (Å²) in [7, 11) is 3.61. The van der Waals surface area contributed by atoms with Gasteiger partial charge in [-0.2, -0.15) is 0 Å². The molecule has 0 aliphatic carbocycles. The number of alkyl halides is 1. The van der Waals surface area contributed by atoms with Crippen LogP contribution in [0.1, 0.15) is 44.6 Å². The van der Waals surface area contributed by atoms with Gasteiger partial charge in [0.25, 0.3) is 9.05 Å². The zero-order valence-electron chi connectivity index (χ0n) is 15.8. The molecule has 0 N–H and O–H groups in total. The minimum absolute atomic E-state index is 0.128. The van der Waals surface area contributed by atoms with Crippen molar-refractivity contribution < 1.29 is 13.2 Å². The monoisotopic (exact) mass is 408 g/mol. The lowest BCUT2D eigenvalue weighted by Gasteiger charge is -2.17. The highest BCUT2D eigenvalue weighted by Crippen LogP contribution is 2.33. The van der Waals surface area contributed by atoms with E-state index in [2.05, 4.69) is 4.98 Å². The minimum Gasteiger partial charge on any atom is -0.330 e. The second-order valence-corrected chi connectivity index (χ2v) is 9.53. The first kappa shape index (κ1) is 23.9. The van der Waals surface area contributed by atoms with E-state index in [0.29, 0.717) is 11.0 Å². The highest BCUT2D eigenvalue weighted by Gasteiger charge is 2.27. The zero-order chi connectivity index (χ0) is 20.2. The predicted octanol–water partition coefficient (Wildman–Crippen LogP) is 4.48. The van der Waals surface area contributed by atoms with Gasteiger partial charge in [-0.1, -0.05) is 27.7 Å². The Balaban J connectivity index is 0.00000104. The number of nitrogens with zero attached hydrogens (tertiary/aromatic N) is 2. The first-order chi connectivity index (χ1) is 11.4. The van der Waals surface area contributed by atoms with Gasteiger partial charge in [0.15, 0.2) is 0 Å². The molecule has 0 aliphatic heterocycles. The molecule has 0 saturated carbocycles. The smallest absolute Gasteiger partial charge is 0.263 e. The summed E-state index contributed by atoms with van der Waals surface area (Å²) in [5.74, 6) is 1.56. The Morgan fingerprint density at radius 1 is 1.24 bits per heavy atom. The van der Waals surface area contributed by atoms with Crippen molar-refractivity contribution in [1.29, 1.82) is 0 Å². The lowest BCUT2D eigenvalue weighted by Crippen LogP contribution is -2.17. The lowest BCUT2D eigenvalue weighted by molar-refractivity contribution is -0.0979. The first-order valence-corrected chi connectivity index (χ1v) is 10.5. The molecule has 0 unspecified atom stereocenters. The Kier molecular flexibility index (Phi) is 8.61. The summed E-state index contributed by atoms with van der Waals surface area (Å²) in [5.41, 5.74) is 2.96. The maximum atomic E-state index is 11.8. The molecule has 5 nitrogen and oxygen atoms in total. The minimum atomic E-state index is -3.81. The van der Waals surface area contributed by atoms with Gasteiger partial charge in [0.05, 0.1) is 11.0 Å². The van der Waals surface area contributed by atoms with Crippen molar-refractivity contribution in [3.63, 3.8) is 0 Å². The summed E-state index contributed by atoms with van der Waals surface area (Å²) in [6.45, 7) is 13.8. The van der Waals surface area contributed by atoms with E-state index in [1.807, 2.05) is 59.9 Å². The molecule has 2 aromatic rings. The lowest BCUT2D eigenvalue weighted by atomic mass is 9.96. The van der Waals surface area contributed by atoms with E-state index in [0.717, 1.165) is 22.8 Å². The quantitative estimate of drug-likeness (QED) is 0.515. The number of carbonyl (C=O) groups excluding carboxylic acids is 1. The Bertz CT molecular complexity index is 838. The number of hydrogen-bond acceptors (Lipinski definition) is 4. The number of imidazole rings is 1. The maximum absolute atomic E-state index is 11.8. The fraction of sp³-hybridized carbons (Fsp3) is 0.529. The van der Waals surface area contributed by atoms with Crippen molar-refractivity contribution in [2.45, 2.75) is 51.9 Å². The Labute approximate surface area is 159 Å². The van der Waals surface area contributed by atoms with Gasteiger partial charge in [0, 0.05) is 29.0 Å². The van der Waals surface area contributed by atoms with E-state index in [-0.39, 0.29) is 10.3 Å². The van der Waals surface area contributed by atoms with Crippen molar-refractivity contribution in [1.82, 2.24) is 9.55 Å². The van der Waals surface area contributed by atoms with Crippen molar-refractivity contribution >= 4 is 49.2 Å². The second kappa shape index (κ2) is 9.01. The summed E-state index contributed by atoms with van der Waals surface area (Å²) < 4.78 is 25.5. The molecule has 142 valence electrons. The van der Waals surface area contributed by atoms with Crippen LogP contribution in [0, 0.1) is 13.8 Å². The van der Waals surface area contributed by atoms with Crippen LogP contribution < -0.4 is 0 Å². The molecule has 0 aliphatic rings. The molecule has 2 rings (SSSR count). The van der Waals surface area contributed by atoms with Gasteiger partial charge < -0.3 is 9.36 Å². The van der Waals surface area contributed by atoms with Gasteiger partial charge in [-0.3, -0.25) is 0 Å². The summed E-state index contributed by atoms with van der Waals surface area (Å²) in [6, 6.07) is 1.62. The van der Waals surface area contributed by atoms with Crippen LogP contribution in [-0.4, -0.2) is 30.6 Å². The number of hydrogen-bond donors (Lipinski definition) is 0. The highest BCUT2D eigenvalue weighted by atomic mass is 35.7. The Morgan fingerprint density at radius 3 is 2.04 bits per heavy atom. The molecule has 1 aromatic heterocycles. The van der Waals surface area contributed by atoms with E-state index in [1.54, 1.807) is 6.07 Å². The third-order valence-electron chi connectivity index (χ3n) is 3.56. The van der Waals surface area contributed by atoms with E-state index < -0.39 is 9.05 Å². The SMILES string of the molecule is C=O.CCCl.Cc1cc(S(=O)(=O)Cl)c2c(nc(C(C)(C)C)n2C)c1C. The Hall–Kier alpha value is -1.11. The zero-order valence-corrected chi connectivity index (χ0v) is 18.1. The van der Waals surface area contributed by atoms with Crippen LogP contribution in [0.4, 0.5) is 0 Å². The summed E-state index contributed by atoms with van der Waals surface area (Å²) in [4.78, 5) is 12.8. The molecular formula is C17H26Cl2N2O3S. The third-order valence-corrected chi connectivity index (χ3v) is 4.89. The second-order valence-electron chi connectivity index (χ2n) is 6.46. The van der Waals surface area contributed by atoms with Crippen molar-refractivity contribution in [2.75, 3.05) is 5.88 Å². The summed E-state index contributed by atoms with van der Waals surface area (Å²) in [5, 5.41) is 0. The molecule has 0 saturated heterocycles. The summed E-state index contributed by atoms with van der Waals surface area (Å²) >= 11 is 5.00. The number of halogens is 2. The van der Waals surface area contributed by atoms with Crippen molar-refractivity contribution in [3.05, 3.63) is 23.0 Å². The number of aromatic nitrogens is 2. The molecular weight excluding hydrogens is 383 g/mol. The molecule has 0 fully saturated rings. The van der Waals surface area contributed by atoms with E-state index in [4.69, 9.17) is 27.1 Å². The van der Waals surface area contributed by atoms with Crippen LogP contribution in [0.3, 0.4) is 0 Å². The molecule has 1 heterocycles. The van der Waals surface area contributed by atoms with Gasteiger partial charge in [0.2, 0.25) is 0 Å². The molecule has 0 bridgehead atoms. The maximum Gasteiger partial charge on any atom is 0.263 e. The number of rotatable bonds is 1. The van der Waals surface area contributed by atoms with Gasteiger partial charge in [-0.15, -0.1) is 11.6 Å². The van der Waals surface area contributed by atoms with Crippen molar-refractivity contribution in [3.8, 4) is 0 Å². The summed E-state index contributed by atoms with van der Waals surface area (Å²) in [6.07, 6.45) is 0. The van der Waals surface area contributed by atoms with Crippen LogP contribution in [0.25, 0.3) is 11.0 Å². The molecule has 8 heteroatoms. The van der Waals surface area contributed by atoms with Gasteiger partial charge in [-0.25, -0.2) is 13.4 Å². The molecule has 0 spiro atoms. The van der Waals surface area contributed by atoms with Crippen LogP contribution in [0.15, 0.2) is 11.0 Å². The van der Waals surface area contributed by atoms with E-state index >= 15 is 0 Å². The fourth-order valence-electron chi connectivity index (χ4n) is 2.46. The fourth-order valence-corrected chi connectivity index (χ4v) is 3.59. The molecule has 25 heavy (non-hydrogen) atoms. The molecule has 1 aromatic carbocycles. The van der Waals surface area contributed by atoms with Gasteiger partial charge in [-0.05, 0) is 31.0 Å². The van der Waals surface area contributed by atoms with Crippen LogP contribution in [0.2, 0.25) is 0 Å². The number of benzene rings is 1. The molecule has 0 amide bonds. The van der Waals surface area contributed by atoms with Gasteiger partial charge in [0.1, 0.15) is 17.5 Å². The largest absolute Gasteiger partial charge is 0.330 e. The number of carbonyl (C=O) groups is 1. The Morgan fingerprint density at radius 2 is 1.68 bits per heavy atom. The highest BCUT2D eigenvalue weighted by molar-refractivity contribution is 8.14. The first-order valence-electron chi connectivity index (χ1n) is 7.62. The van der Waals surface area contributed by atoms with Crippen LogP contribution in [-0.2, 0) is 26.3 Å². The molecule has 0 atom stereocenters. The molecule has 0 radical (unpaired) electrons. The predicted molar refractivity (Wildman–Crippen MR) is 105 cm³/mol. The van der Waals surface area contributed by atoms with Crippen LogP contribution in [0.5, 0.6) is 0 Å².